The van der Waals surface area contributed by atoms with Crippen molar-refractivity contribution in [3.63, 3.8) is 0 Å². The van der Waals surface area contributed by atoms with Crippen molar-refractivity contribution in [3.05, 3.63) is 65.0 Å². The number of nitrogens with one attached hydrogen (secondary N) is 1. The molecule has 0 saturated carbocycles. The topological polar surface area (TPSA) is 24.9 Å². The number of fused-ring (bicyclic) bond motifs is 1. The maximum absolute atomic E-state index is 4.24. The first kappa shape index (κ1) is 14.3. The zero-order valence-electron chi connectivity index (χ0n) is 13.2. The number of pyridine rings is 1. The van der Waals surface area contributed by atoms with Crippen LogP contribution in [0.2, 0.25) is 0 Å². The Balaban J connectivity index is 1.80. The highest BCUT2D eigenvalue weighted by molar-refractivity contribution is 5.38. The number of aromatic nitrogens is 1. The van der Waals surface area contributed by atoms with E-state index < -0.39 is 0 Å². The minimum Gasteiger partial charge on any atom is -0.306 e. The van der Waals surface area contributed by atoms with Crippen molar-refractivity contribution < 1.29 is 0 Å². The van der Waals surface area contributed by atoms with E-state index in [1.165, 1.54) is 35.1 Å². The normalized spacial score (nSPS) is 20.0. The van der Waals surface area contributed by atoms with Gasteiger partial charge in [-0.15, -0.1) is 0 Å². The molecule has 0 aliphatic heterocycles. The average Bonchev–Trinajstić information content (AvgIpc) is 2.48. The summed E-state index contributed by atoms with van der Waals surface area (Å²) in [5.74, 6) is 0. The van der Waals surface area contributed by atoms with Gasteiger partial charge in [0.1, 0.15) is 0 Å². The highest BCUT2D eigenvalue weighted by Gasteiger charge is 2.31. The molecule has 1 aliphatic carbocycles. The second-order valence-corrected chi connectivity index (χ2v) is 6.75. The lowest BCUT2D eigenvalue weighted by Gasteiger charge is -2.37. The third kappa shape index (κ3) is 2.86. The van der Waals surface area contributed by atoms with Gasteiger partial charge in [-0.1, -0.05) is 38.1 Å². The van der Waals surface area contributed by atoms with Crippen LogP contribution in [0.4, 0.5) is 0 Å². The Labute approximate surface area is 127 Å². The number of rotatable bonds is 3. The van der Waals surface area contributed by atoms with Crippen LogP contribution in [0.3, 0.4) is 0 Å². The van der Waals surface area contributed by atoms with Crippen LogP contribution in [-0.2, 0) is 12.0 Å². The summed E-state index contributed by atoms with van der Waals surface area (Å²) < 4.78 is 0. The highest BCUT2D eigenvalue weighted by atomic mass is 14.9. The molecule has 2 nitrogen and oxygen atoms in total. The van der Waals surface area contributed by atoms with Crippen molar-refractivity contribution in [2.45, 2.75) is 51.6 Å². The van der Waals surface area contributed by atoms with Crippen LogP contribution >= 0.6 is 0 Å². The smallest absolute Gasteiger partial charge is 0.0326 e. The van der Waals surface area contributed by atoms with Gasteiger partial charge >= 0.3 is 0 Å². The van der Waals surface area contributed by atoms with Crippen LogP contribution in [0.5, 0.6) is 0 Å². The molecular weight excluding hydrogens is 256 g/mol. The second-order valence-electron chi connectivity index (χ2n) is 6.75. The second kappa shape index (κ2) is 5.61. The molecule has 3 rings (SSSR count). The van der Waals surface area contributed by atoms with E-state index in [-0.39, 0.29) is 0 Å². The lowest BCUT2D eigenvalue weighted by atomic mass is 9.71. The van der Waals surface area contributed by atoms with Gasteiger partial charge in [-0.2, -0.15) is 0 Å². The largest absolute Gasteiger partial charge is 0.306 e. The molecule has 110 valence electrons. The van der Waals surface area contributed by atoms with E-state index in [1.807, 2.05) is 12.4 Å². The minimum absolute atomic E-state index is 0.291. The molecule has 1 heterocycles. The third-order valence-electron chi connectivity index (χ3n) is 4.81. The first-order valence-electron chi connectivity index (χ1n) is 7.80. The van der Waals surface area contributed by atoms with Crippen molar-refractivity contribution in [2.75, 3.05) is 0 Å². The Morgan fingerprint density at radius 3 is 2.86 bits per heavy atom. The van der Waals surface area contributed by atoms with Crippen LogP contribution in [0.15, 0.2) is 42.7 Å². The van der Waals surface area contributed by atoms with E-state index in [2.05, 4.69) is 61.4 Å². The van der Waals surface area contributed by atoms with Crippen molar-refractivity contribution in [1.29, 1.82) is 0 Å². The lowest BCUT2D eigenvalue weighted by Crippen LogP contribution is -2.32. The number of nitrogens with zero attached hydrogens (tertiary/aromatic N) is 1. The number of hydrogen-bond donors (Lipinski definition) is 1. The van der Waals surface area contributed by atoms with E-state index in [0.717, 1.165) is 6.54 Å². The van der Waals surface area contributed by atoms with E-state index in [9.17, 15) is 0 Å². The van der Waals surface area contributed by atoms with Crippen molar-refractivity contribution in [1.82, 2.24) is 10.3 Å². The Kier molecular flexibility index (Phi) is 3.81. The minimum atomic E-state index is 0.291. The van der Waals surface area contributed by atoms with Crippen LogP contribution in [0.1, 0.15) is 55.0 Å². The van der Waals surface area contributed by atoms with E-state index in [4.69, 9.17) is 0 Å². The summed E-state index contributed by atoms with van der Waals surface area (Å²) in [6, 6.07) is 11.4. The predicted molar refractivity (Wildman–Crippen MR) is 87.3 cm³/mol. The predicted octanol–water partition coefficient (Wildman–Crippen LogP) is 4.29. The molecule has 21 heavy (non-hydrogen) atoms. The molecule has 0 spiro atoms. The Morgan fingerprint density at radius 2 is 2.05 bits per heavy atom. The summed E-state index contributed by atoms with van der Waals surface area (Å²) in [5, 5.41) is 3.73. The van der Waals surface area contributed by atoms with Gasteiger partial charge in [-0.05, 0) is 53.5 Å². The molecule has 1 aromatic carbocycles. The zero-order chi connectivity index (χ0) is 14.9. The maximum atomic E-state index is 4.24. The van der Waals surface area contributed by atoms with Gasteiger partial charge in [0.25, 0.3) is 0 Å². The summed E-state index contributed by atoms with van der Waals surface area (Å²) in [7, 11) is 0. The Bertz CT molecular complexity index is 631. The molecule has 0 fully saturated rings. The van der Waals surface area contributed by atoms with Crippen molar-refractivity contribution >= 4 is 0 Å². The molecule has 1 N–H and O–H groups in total. The van der Waals surface area contributed by atoms with Gasteiger partial charge in [0.15, 0.2) is 0 Å². The molecule has 1 atom stereocenters. The first-order chi connectivity index (χ1) is 10.1. The van der Waals surface area contributed by atoms with Crippen LogP contribution in [0.25, 0.3) is 0 Å². The summed E-state index contributed by atoms with van der Waals surface area (Å²) in [4.78, 5) is 4.24. The van der Waals surface area contributed by atoms with E-state index in [0.29, 0.717) is 11.5 Å². The molecule has 2 aromatic rings. The fourth-order valence-electron chi connectivity index (χ4n) is 3.34. The number of benzene rings is 1. The monoisotopic (exact) mass is 280 g/mol. The van der Waals surface area contributed by atoms with Crippen LogP contribution < -0.4 is 5.32 Å². The molecule has 0 saturated heterocycles. The maximum Gasteiger partial charge on any atom is 0.0326 e. The zero-order valence-corrected chi connectivity index (χ0v) is 13.2. The van der Waals surface area contributed by atoms with Gasteiger partial charge in [-0.25, -0.2) is 0 Å². The van der Waals surface area contributed by atoms with Crippen molar-refractivity contribution in [2.24, 2.45) is 0 Å². The lowest BCUT2D eigenvalue weighted by molar-refractivity contribution is 0.357. The van der Waals surface area contributed by atoms with Crippen LogP contribution in [-0.4, -0.2) is 4.98 Å². The Morgan fingerprint density at radius 1 is 1.24 bits per heavy atom. The van der Waals surface area contributed by atoms with E-state index in [1.54, 1.807) is 0 Å². The summed E-state index contributed by atoms with van der Waals surface area (Å²) >= 11 is 0. The van der Waals surface area contributed by atoms with Gasteiger partial charge in [0.2, 0.25) is 0 Å². The molecule has 0 bridgehead atoms. The standard InChI is InChI=1S/C19H24N2/c1-14-9-11-20-12-15(14)13-21-18-8-10-19(2,3)17-7-5-4-6-16(17)18/h4-7,9,11-12,18,21H,8,10,13H2,1-3H3. The molecule has 0 amide bonds. The molecule has 0 radical (unpaired) electrons. The number of hydrogen-bond acceptors (Lipinski definition) is 2. The van der Waals surface area contributed by atoms with Gasteiger partial charge < -0.3 is 5.32 Å². The van der Waals surface area contributed by atoms with E-state index >= 15 is 0 Å². The quantitative estimate of drug-likeness (QED) is 0.907. The molecule has 2 heteroatoms. The first-order valence-corrected chi connectivity index (χ1v) is 7.80. The average molecular weight is 280 g/mol. The van der Waals surface area contributed by atoms with Gasteiger partial charge in [0.05, 0.1) is 0 Å². The Hall–Kier alpha value is -1.67. The van der Waals surface area contributed by atoms with Crippen molar-refractivity contribution in [3.8, 4) is 0 Å². The van der Waals surface area contributed by atoms with Gasteiger partial charge in [-0.3, -0.25) is 4.98 Å². The summed E-state index contributed by atoms with van der Waals surface area (Å²) in [6.45, 7) is 7.75. The molecule has 1 unspecified atom stereocenters. The molecule has 1 aliphatic rings. The van der Waals surface area contributed by atoms with Crippen LogP contribution in [0, 0.1) is 6.92 Å². The third-order valence-corrected chi connectivity index (χ3v) is 4.81. The van der Waals surface area contributed by atoms with Gasteiger partial charge in [0, 0.05) is 25.0 Å². The molecular formula is C19H24N2. The fraction of sp³-hybridized carbons (Fsp3) is 0.421. The SMILES string of the molecule is Cc1ccncc1CNC1CCC(C)(C)c2ccccc21. The highest BCUT2D eigenvalue weighted by Crippen LogP contribution is 2.41. The fourth-order valence-corrected chi connectivity index (χ4v) is 3.34. The summed E-state index contributed by atoms with van der Waals surface area (Å²) in [5.41, 5.74) is 5.85. The summed E-state index contributed by atoms with van der Waals surface area (Å²) in [6.07, 6.45) is 6.26. The number of aryl methyl sites for hydroxylation is 1. The molecule has 1 aromatic heterocycles.